The molecule has 0 spiro atoms. The third kappa shape index (κ3) is 8.00. The summed E-state index contributed by atoms with van der Waals surface area (Å²) in [4.78, 5) is 33.2. The summed E-state index contributed by atoms with van der Waals surface area (Å²) in [7, 11) is -2.26. The van der Waals surface area contributed by atoms with Crippen LogP contribution in [0.1, 0.15) is 56.9 Å². The van der Waals surface area contributed by atoms with Crippen LogP contribution in [0.4, 0.5) is 25.0 Å². The van der Waals surface area contributed by atoms with E-state index in [0.717, 1.165) is 5.56 Å². The molecule has 0 aliphatic carbocycles. The molecule has 9 nitrogen and oxygen atoms in total. The Morgan fingerprint density at radius 3 is 2.23 bits per heavy atom. The zero-order valence-electron chi connectivity index (χ0n) is 27.6. The molecule has 3 N–H and O–H groups in total. The molecule has 2 fully saturated rings. The van der Waals surface area contributed by atoms with E-state index in [9.17, 15) is 23.5 Å². The van der Waals surface area contributed by atoms with E-state index in [-0.39, 0.29) is 28.6 Å². The summed E-state index contributed by atoms with van der Waals surface area (Å²) >= 11 is 0. The third-order valence-corrected chi connectivity index (χ3v) is 13.9. The Hall–Kier alpha value is -3.84. The number of halogens is 2. The highest BCUT2D eigenvalue weighted by atomic mass is 28.4. The minimum atomic E-state index is -2.26. The zero-order valence-corrected chi connectivity index (χ0v) is 28.6. The van der Waals surface area contributed by atoms with Crippen LogP contribution >= 0.6 is 0 Å². The van der Waals surface area contributed by atoms with E-state index >= 15 is 0 Å². The van der Waals surface area contributed by atoms with Crippen LogP contribution in [-0.2, 0) is 14.1 Å². The smallest absolute Gasteiger partial charge is 0.430 e. The van der Waals surface area contributed by atoms with Gasteiger partial charge in [-0.1, -0.05) is 39.0 Å². The van der Waals surface area contributed by atoms with Gasteiger partial charge in [0, 0.05) is 49.2 Å². The van der Waals surface area contributed by atoms with Crippen LogP contribution in [0, 0.1) is 17.6 Å². The molecule has 0 saturated carbocycles. The van der Waals surface area contributed by atoms with Crippen molar-refractivity contribution in [2.75, 3.05) is 36.4 Å². The molecule has 0 aromatic heterocycles. The molecule has 5 rings (SSSR count). The van der Waals surface area contributed by atoms with Crippen LogP contribution in [0.3, 0.4) is 0 Å². The number of hydrogen-bond donors (Lipinski definition) is 3. The highest BCUT2D eigenvalue weighted by Crippen LogP contribution is 2.50. The Morgan fingerprint density at radius 2 is 1.64 bits per heavy atom. The van der Waals surface area contributed by atoms with Crippen LogP contribution in [0.2, 0.25) is 18.1 Å². The first-order chi connectivity index (χ1) is 22.2. The first-order valence-electron chi connectivity index (χ1n) is 16.0. The summed E-state index contributed by atoms with van der Waals surface area (Å²) in [5.74, 6) is -1.55. The fourth-order valence-electron chi connectivity index (χ4n) is 5.77. The van der Waals surface area contributed by atoms with E-state index in [4.69, 9.17) is 9.26 Å². The number of anilines is 2. The third-order valence-electron chi connectivity index (χ3n) is 9.43. The van der Waals surface area contributed by atoms with Crippen molar-refractivity contribution in [2.24, 2.45) is 5.92 Å². The number of β-lactam (4-membered cyclic amide) rings is 1. The van der Waals surface area contributed by atoms with E-state index in [1.54, 1.807) is 34.2 Å². The molecule has 2 aliphatic heterocycles. The van der Waals surface area contributed by atoms with Gasteiger partial charge in [0.25, 0.3) is 0 Å². The minimum absolute atomic E-state index is 0.0710. The summed E-state index contributed by atoms with van der Waals surface area (Å²) in [6.45, 7) is 13.3. The van der Waals surface area contributed by atoms with Gasteiger partial charge in [0.05, 0.1) is 18.1 Å². The average molecular weight is 667 g/mol. The van der Waals surface area contributed by atoms with E-state index in [1.165, 1.54) is 42.5 Å². The highest BCUT2D eigenvalue weighted by molar-refractivity contribution is 6.74. The first-order valence-corrected chi connectivity index (χ1v) is 18.9. The van der Waals surface area contributed by atoms with Gasteiger partial charge in [-0.05, 0) is 79.0 Å². The topological polar surface area (TPSA) is 103 Å². The van der Waals surface area contributed by atoms with Crippen molar-refractivity contribution in [3.8, 4) is 5.75 Å². The second-order valence-corrected chi connectivity index (χ2v) is 18.4. The summed E-state index contributed by atoms with van der Waals surface area (Å²) in [5.41, 5.74) is 2.16. The Bertz CT molecular complexity index is 1560. The predicted molar refractivity (Wildman–Crippen MR) is 179 cm³/mol. The number of aromatic hydroxyl groups is 1. The second kappa shape index (κ2) is 14.1. The van der Waals surface area contributed by atoms with Crippen LogP contribution in [0.25, 0.3) is 0 Å². The molecule has 2 heterocycles. The molecule has 12 heteroatoms. The molecule has 2 saturated heterocycles. The van der Waals surface area contributed by atoms with Crippen molar-refractivity contribution in [1.29, 1.82) is 0 Å². The molecule has 0 bridgehead atoms. The Balaban J connectivity index is 1.39. The molecule has 3 aromatic carbocycles. The lowest BCUT2D eigenvalue weighted by molar-refractivity contribution is -0.131. The first kappa shape index (κ1) is 34.5. The van der Waals surface area contributed by atoms with Crippen molar-refractivity contribution in [3.05, 3.63) is 89.5 Å². The minimum Gasteiger partial charge on any atom is -0.508 e. The summed E-state index contributed by atoms with van der Waals surface area (Å²) in [6.07, 6.45) is -0.126. The maximum atomic E-state index is 13.9. The van der Waals surface area contributed by atoms with E-state index in [0.29, 0.717) is 56.0 Å². The van der Waals surface area contributed by atoms with Gasteiger partial charge in [-0.2, -0.15) is 0 Å². The molecule has 2 amide bonds. The van der Waals surface area contributed by atoms with Crippen molar-refractivity contribution >= 4 is 31.7 Å². The van der Waals surface area contributed by atoms with Gasteiger partial charge in [0.15, 0.2) is 8.32 Å². The van der Waals surface area contributed by atoms with E-state index in [2.05, 4.69) is 44.5 Å². The summed E-state index contributed by atoms with van der Waals surface area (Å²) in [6, 6.07) is 16.1. The van der Waals surface area contributed by atoms with Crippen molar-refractivity contribution in [1.82, 2.24) is 10.4 Å². The maximum absolute atomic E-state index is 13.9. The number of phenols is 1. The molecular weight excluding hydrogens is 622 g/mol. The average Bonchev–Trinajstić information content (AvgIpc) is 3.01. The highest BCUT2D eigenvalue weighted by Gasteiger charge is 2.50. The van der Waals surface area contributed by atoms with Gasteiger partial charge in [0.1, 0.15) is 17.4 Å². The number of nitrogens with zero attached hydrogens (tertiary/aromatic N) is 2. The number of carbonyl (C=O) groups excluding carboxylic acids is 2. The predicted octanol–water partition coefficient (Wildman–Crippen LogP) is 7.29. The molecule has 3 unspecified atom stereocenters. The van der Waals surface area contributed by atoms with Crippen LogP contribution in [0.15, 0.2) is 66.7 Å². The molecule has 47 heavy (non-hydrogen) atoms. The van der Waals surface area contributed by atoms with Gasteiger partial charge in [-0.15, -0.1) is 5.06 Å². The van der Waals surface area contributed by atoms with Gasteiger partial charge < -0.3 is 24.6 Å². The number of rotatable bonds is 10. The number of amides is 2. The normalized spacial score (nSPS) is 19.6. The van der Waals surface area contributed by atoms with Gasteiger partial charge in [-0.25, -0.2) is 13.6 Å². The van der Waals surface area contributed by atoms with Crippen LogP contribution < -0.4 is 15.5 Å². The van der Waals surface area contributed by atoms with Gasteiger partial charge in [0.2, 0.25) is 5.91 Å². The van der Waals surface area contributed by atoms with Crippen LogP contribution in [0.5, 0.6) is 5.75 Å². The fourth-order valence-corrected chi connectivity index (χ4v) is 7.09. The molecule has 0 radical (unpaired) electrons. The molecule has 3 aromatic rings. The number of nitrogens with one attached hydrogen (secondary N) is 2. The summed E-state index contributed by atoms with van der Waals surface area (Å²) < 4.78 is 34.5. The standard InChI is InChI=1S/C35H44F2N4O5Si/c1-35(2,3)47(4,5)46-31(23-6-8-24(36)9-7-23)17-16-29-32(41(33(29)43)27-13-10-25(37)11-14-27)28-15-12-26(22-30(28)42)39-34(44)45-40-20-18-38-19-21-40/h6-15,22,29,31-32,38,42H,16-21H2,1-5H3,(H,39,44). The van der Waals surface area contributed by atoms with Crippen molar-refractivity contribution in [2.45, 2.75) is 63.9 Å². The molecule has 3 atom stereocenters. The lowest BCUT2D eigenvalue weighted by Crippen LogP contribution is -2.55. The number of hydrogen-bond acceptors (Lipinski definition) is 7. The SMILES string of the molecule is CC(C)(C)[Si](C)(C)OC(CCC1C(=O)N(c2ccc(F)cc2)C1c1ccc(NC(=O)ON2CCNCC2)cc1O)c1ccc(F)cc1. The molecule has 2 aliphatic rings. The molecular formula is C35H44F2N4O5Si. The summed E-state index contributed by atoms with van der Waals surface area (Å²) in [5, 5.41) is 18.6. The van der Waals surface area contributed by atoms with Crippen LogP contribution in [-0.4, -0.2) is 56.7 Å². The van der Waals surface area contributed by atoms with Crippen molar-refractivity contribution < 1.29 is 32.7 Å². The fraction of sp³-hybridized carbons (Fsp3) is 0.429. The number of hydroxylamine groups is 2. The zero-order chi connectivity index (χ0) is 33.9. The number of benzene rings is 3. The maximum Gasteiger partial charge on any atom is 0.430 e. The van der Waals surface area contributed by atoms with E-state index in [1.807, 2.05) is 0 Å². The second-order valence-electron chi connectivity index (χ2n) is 13.7. The monoisotopic (exact) mass is 666 g/mol. The van der Waals surface area contributed by atoms with Crippen molar-refractivity contribution in [3.63, 3.8) is 0 Å². The lowest BCUT2D eigenvalue weighted by Gasteiger charge is -2.48. The number of phenolic OH excluding ortho intramolecular Hbond substituents is 1. The Labute approximate surface area is 275 Å². The number of piperazine rings is 1. The lowest BCUT2D eigenvalue weighted by atomic mass is 9.78. The molecule has 252 valence electrons. The largest absolute Gasteiger partial charge is 0.508 e. The quantitative estimate of drug-likeness (QED) is 0.154. The van der Waals surface area contributed by atoms with Gasteiger partial charge in [-0.3, -0.25) is 10.1 Å². The Morgan fingerprint density at radius 1 is 1.02 bits per heavy atom. The van der Waals surface area contributed by atoms with E-state index < -0.39 is 32.2 Å². The van der Waals surface area contributed by atoms with Gasteiger partial charge >= 0.3 is 6.09 Å². The number of carbonyl (C=O) groups is 2. The Kier molecular flexibility index (Phi) is 10.3.